The number of benzene rings is 1. The molecule has 9 heteroatoms. The van der Waals surface area contributed by atoms with Gasteiger partial charge in [0.25, 0.3) is 12.3 Å². The molecule has 2 aromatic rings. The minimum Gasteiger partial charge on any atom is -0.329 e. The molecule has 2 rings (SSSR count). The van der Waals surface area contributed by atoms with E-state index in [0.717, 1.165) is 7.05 Å². The van der Waals surface area contributed by atoms with E-state index in [0.29, 0.717) is 27.3 Å². The van der Waals surface area contributed by atoms with Gasteiger partial charge in [-0.25, -0.2) is 17.9 Å². The second-order valence-electron chi connectivity index (χ2n) is 7.08. The monoisotopic (exact) mass is 445 g/mol. The molecule has 0 aliphatic rings. The van der Waals surface area contributed by atoms with Gasteiger partial charge in [-0.3, -0.25) is 4.79 Å². The van der Waals surface area contributed by atoms with Crippen molar-refractivity contribution >= 4 is 23.1 Å². The minimum absolute atomic E-state index is 0.301. The number of rotatable bonds is 7. The molecule has 1 heterocycles. The summed E-state index contributed by atoms with van der Waals surface area (Å²) in [5.41, 5.74) is -0.811. The number of halogens is 5. The molecule has 0 spiro atoms. The zero-order valence-corrected chi connectivity index (χ0v) is 18.1. The van der Waals surface area contributed by atoms with Crippen LogP contribution in [0.15, 0.2) is 29.3 Å². The summed E-state index contributed by atoms with van der Waals surface area (Å²) in [5, 5.41) is 3.76. The van der Waals surface area contributed by atoms with Crippen LogP contribution in [0.1, 0.15) is 62.2 Å². The van der Waals surface area contributed by atoms with Gasteiger partial charge < -0.3 is 4.90 Å². The van der Waals surface area contributed by atoms with Crippen LogP contribution in [0.2, 0.25) is 0 Å². The Labute approximate surface area is 178 Å². The third kappa shape index (κ3) is 4.69. The number of amides is 1. The fourth-order valence-corrected chi connectivity index (χ4v) is 3.75. The molecular formula is C21H24ClF4N3O. The topological polar surface area (TPSA) is 38.1 Å². The van der Waals surface area contributed by atoms with Crippen molar-refractivity contribution in [3.63, 3.8) is 0 Å². The Morgan fingerprint density at radius 1 is 1.27 bits per heavy atom. The Morgan fingerprint density at radius 3 is 2.40 bits per heavy atom. The molecule has 164 valence electrons. The second-order valence-corrected chi connectivity index (χ2v) is 7.65. The first-order valence-corrected chi connectivity index (χ1v) is 9.84. The van der Waals surface area contributed by atoms with Crippen LogP contribution in [0.3, 0.4) is 0 Å². The summed E-state index contributed by atoms with van der Waals surface area (Å²) >= 11 is 6.29. The molecule has 30 heavy (non-hydrogen) atoms. The normalized spacial score (nSPS) is 14.5. The zero-order chi connectivity index (χ0) is 22.7. The average Bonchev–Trinajstić information content (AvgIpc) is 2.96. The number of hydrogen-bond acceptors (Lipinski definition) is 2. The summed E-state index contributed by atoms with van der Waals surface area (Å²) < 4.78 is 55.9. The van der Waals surface area contributed by atoms with Crippen molar-refractivity contribution in [2.75, 3.05) is 0 Å². The highest BCUT2D eigenvalue weighted by Gasteiger charge is 2.36. The van der Waals surface area contributed by atoms with E-state index in [-0.39, 0.29) is 0 Å². The molecule has 2 atom stereocenters. The van der Waals surface area contributed by atoms with Gasteiger partial charge in [0.15, 0.2) is 0 Å². The van der Waals surface area contributed by atoms with E-state index >= 15 is 0 Å². The summed E-state index contributed by atoms with van der Waals surface area (Å²) in [6.45, 7) is 6.77. The van der Waals surface area contributed by atoms with Crippen LogP contribution in [0.5, 0.6) is 0 Å². The van der Waals surface area contributed by atoms with Crippen molar-refractivity contribution in [3.8, 4) is 0 Å². The number of aromatic nitrogens is 2. The Kier molecular flexibility index (Phi) is 7.69. The number of aryl methyl sites for hydroxylation is 1. The van der Waals surface area contributed by atoms with Gasteiger partial charge in [-0.2, -0.15) is 9.49 Å². The summed E-state index contributed by atoms with van der Waals surface area (Å²) in [4.78, 5) is 14.6. The smallest absolute Gasteiger partial charge is 0.283 e. The van der Waals surface area contributed by atoms with E-state index < -0.39 is 47.4 Å². The molecule has 2 unspecified atom stereocenters. The molecule has 4 nitrogen and oxygen atoms in total. The molecule has 0 saturated heterocycles. The summed E-state index contributed by atoms with van der Waals surface area (Å²) in [6, 6.07) is 4.48. The fraction of sp³-hybridized carbons (Fsp3) is 0.429. The van der Waals surface area contributed by atoms with Gasteiger partial charge in [-0.05, 0) is 50.5 Å². The van der Waals surface area contributed by atoms with Crippen LogP contribution in [0, 0.1) is 11.8 Å². The Balaban J connectivity index is 2.63. The lowest BCUT2D eigenvalue weighted by atomic mass is 9.95. The third-order valence-corrected chi connectivity index (χ3v) is 5.27. The van der Waals surface area contributed by atoms with Gasteiger partial charge in [-0.15, -0.1) is 0 Å². The molecule has 0 N–H and O–H groups in total. The van der Waals surface area contributed by atoms with Crippen LogP contribution in [0.4, 0.5) is 17.6 Å². The fourth-order valence-electron chi connectivity index (χ4n) is 3.48. The number of carbonyl (C=O) groups is 1. The first kappa shape index (κ1) is 23.9. The van der Waals surface area contributed by atoms with Gasteiger partial charge in [0, 0.05) is 18.1 Å². The molecule has 0 bridgehead atoms. The lowest BCUT2D eigenvalue weighted by molar-refractivity contribution is 0.0636. The largest absolute Gasteiger partial charge is 0.329 e. The summed E-state index contributed by atoms with van der Waals surface area (Å²) in [6.07, 6.45) is -2.65. The van der Waals surface area contributed by atoms with Gasteiger partial charge >= 0.3 is 0 Å². The van der Waals surface area contributed by atoms with E-state index in [4.69, 9.17) is 11.6 Å². The molecule has 0 aliphatic heterocycles. The SMILES string of the molecule is CCC(C)N(C(=O)c1c(C(F)F)nn(C)c1F)C(C)/C(=C(\C)Cl)c1cccc(F)c1. The van der Waals surface area contributed by atoms with Crippen LogP contribution in [-0.4, -0.2) is 32.7 Å². The average molecular weight is 446 g/mol. The Hall–Kier alpha value is -2.35. The summed E-state index contributed by atoms with van der Waals surface area (Å²) in [7, 11) is 1.15. The van der Waals surface area contributed by atoms with Gasteiger partial charge in [0.05, 0.1) is 6.04 Å². The highest BCUT2D eigenvalue weighted by atomic mass is 35.5. The Bertz CT molecular complexity index is 954. The number of alkyl halides is 2. The number of carbonyl (C=O) groups excluding carboxylic acids is 1. The molecule has 1 aromatic heterocycles. The van der Waals surface area contributed by atoms with Crippen molar-refractivity contribution in [3.05, 3.63) is 57.9 Å². The van der Waals surface area contributed by atoms with E-state index in [9.17, 15) is 22.4 Å². The molecule has 1 aromatic carbocycles. The van der Waals surface area contributed by atoms with Crippen LogP contribution < -0.4 is 0 Å². The summed E-state index contributed by atoms with van der Waals surface area (Å²) in [5.74, 6) is -2.56. The Morgan fingerprint density at radius 2 is 1.90 bits per heavy atom. The quantitative estimate of drug-likeness (QED) is 0.495. The third-order valence-electron chi connectivity index (χ3n) is 5.07. The van der Waals surface area contributed by atoms with Crippen molar-refractivity contribution in [1.29, 1.82) is 0 Å². The predicted octanol–water partition coefficient (Wildman–Crippen LogP) is 5.94. The maximum Gasteiger partial charge on any atom is 0.283 e. The van der Waals surface area contributed by atoms with Crippen molar-refractivity contribution in [1.82, 2.24) is 14.7 Å². The molecule has 0 fully saturated rings. The van der Waals surface area contributed by atoms with Crippen molar-refractivity contribution in [2.24, 2.45) is 7.05 Å². The van der Waals surface area contributed by atoms with Crippen LogP contribution in [-0.2, 0) is 7.05 Å². The van der Waals surface area contributed by atoms with Gasteiger partial charge in [0.1, 0.15) is 17.1 Å². The minimum atomic E-state index is -3.12. The highest BCUT2D eigenvalue weighted by molar-refractivity contribution is 6.32. The van der Waals surface area contributed by atoms with E-state index in [1.807, 2.05) is 6.92 Å². The number of allylic oxidation sites excluding steroid dienone is 1. The lowest BCUT2D eigenvalue weighted by Gasteiger charge is -2.36. The maximum atomic E-state index is 14.6. The first-order chi connectivity index (χ1) is 14.0. The van der Waals surface area contributed by atoms with Crippen LogP contribution in [0.25, 0.3) is 5.57 Å². The highest BCUT2D eigenvalue weighted by Crippen LogP contribution is 2.33. The van der Waals surface area contributed by atoms with Crippen LogP contribution >= 0.6 is 11.6 Å². The van der Waals surface area contributed by atoms with Gasteiger partial charge in [0.2, 0.25) is 5.95 Å². The standard InChI is InChI=1S/C21H24ClF4N3O/c1-6-11(2)29(21(30)17-18(19(24)25)27-28(5)20(17)26)13(4)16(12(3)22)14-8-7-9-15(23)10-14/h7-11,13,19H,6H2,1-5H3/b16-12-. The molecule has 0 radical (unpaired) electrons. The lowest BCUT2D eigenvalue weighted by Crippen LogP contribution is -2.45. The molecular weight excluding hydrogens is 422 g/mol. The first-order valence-electron chi connectivity index (χ1n) is 9.46. The predicted molar refractivity (Wildman–Crippen MR) is 108 cm³/mol. The maximum absolute atomic E-state index is 14.6. The molecule has 1 amide bonds. The van der Waals surface area contributed by atoms with E-state index in [2.05, 4.69) is 5.10 Å². The molecule has 0 aliphatic carbocycles. The molecule has 0 saturated carbocycles. The number of hydrogen-bond donors (Lipinski definition) is 0. The zero-order valence-electron chi connectivity index (χ0n) is 17.4. The van der Waals surface area contributed by atoms with Crippen molar-refractivity contribution in [2.45, 2.75) is 52.6 Å². The second kappa shape index (κ2) is 9.64. The van der Waals surface area contributed by atoms with E-state index in [1.54, 1.807) is 26.8 Å². The van der Waals surface area contributed by atoms with E-state index in [1.165, 1.54) is 23.1 Å². The van der Waals surface area contributed by atoms with Gasteiger partial charge in [-0.1, -0.05) is 30.7 Å². The number of nitrogens with zero attached hydrogens (tertiary/aromatic N) is 3. The van der Waals surface area contributed by atoms with Crippen molar-refractivity contribution < 1.29 is 22.4 Å².